The Morgan fingerprint density at radius 2 is 2.12 bits per heavy atom. The second-order valence-electron chi connectivity index (χ2n) is 5.31. The molecule has 1 aliphatic carbocycles. The topological polar surface area (TPSA) is 42.2 Å². The molecule has 1 heterocycles. The molecule has 2 rings (SSSR count). The smallest absolute Gasteiger partial charge is 0.0270 e. The molecule has 1 aliphatic rings. The molecule has 17 heavy (non-hydrogen) atoms. The lowest BCUT2D eigenvalue weighted by molar-refractivity contribution is 0.280. The van der Waals surface area contributed by atoms with Crippen LogP contribution in [0.15, 0.2) is 24.5 Å². The van der Waals surface area contributed by atoms with Crippen molar-refractivity contribution in [3.63, 3.8) is 0 Å². The lowest BCUT2D eigenvalue weighted by Gasteiger charge is -2.20. The number of rotatable bonds is 5. The van der Waals surface area contributed by atoms with Gasteiger partial charge in [0.15, 0.2) is 0 Å². The fourth-order valence-corrected chi connectivity index (χ4v) is 2.68. The van der Waals surface area contributed by atoms with Gasteiger partial charge in [0.1, 0.15) is 0 Å². The van der Waals surface area contributed by atoms with E-state index in [4.69, 9.17) is 5.73 Å². The zero-order valence-electron chi connectivity index (χ0n) is 10.7. The summed E-state index contributed by atoms with van der Waals surface area (Å²) in [6.45, 7) is 2.31. The van der Waals surface area contributed by atoms with Crippen molar-refractivity contribution in [3.05, 3.63) is 30.1 Å². The van der Waals surface area contributed by atoms with Crippen LogP contribution < -0.4 is 5.73 Å². The van der Waals surface area contributed by atoms with Crippen LogP contribution in [0.1, 0.15) is 24.8 Å². The highest BCUT2D eigenvalue weighted by atomic mass is 15.1. The van der Waals surface area contributed by atoms with Gasteiger partial charge in [-0.05, 0) is 56.3 Å². The predicted octanol–water partition coefficient (Wildman–Crippen LogP) is 1.68. The van der Waals surface area contributed by atoms with E-state index in [1.54, 1.807) is 0 Å². The summed E-state index contributed by atoms with van der Waals surface area (Å²) in [5.41, 5.74) is 7.31. The van der Waals surface area contributed by atoms with E-state index >= 15 is 0 Å². The second-order valence-corrected chi connectivity index (χ2v) is 5.31. The Balaban J connectivity index is 1.69. The van der Waals surface area contributed by atoms with Crippen LogP contribution in [-0.4, -0.2) is 36.1 Å². The van der Waals surface area contributed by atoms with E-state index < -0.39 is 0 Å². The fraction of sp³-hybridized carbons (Fsp3) is 0.643. The number of pyridine rings is 1. The third-order valence-corrected chi connectivity index (χ3v) is 3.68. The van der Waals surface area contributed by atoms with Gasteiger partial charge >= 0.3 is 0 Å². The van der Waals surface area contributed by atoms with Crippen molar-refractivity contribution < 1.29 is 0 Å². The Morgan fingerprint density at radius 3 is 2.76 bits per heavy atom. The molecular formula is C14H23N3. The largest absolute Gasteiger partial charge is 0.328 e. The fourth-order valence-electron chi connectivity index (χ4n) is 2.68. The van der Waals surface area contributed by atoms with Crippen LogP contribution in [0.2, 0.25) is 0 Å². The van der Waals surface area contributed by atoms with Gasteiger partial charge in [-0.25, -0.2) is 0 Å². The highest BCUT2D eigenvalue weighted by Crippen LogP contribution is 2.24. The molecule has 0 bridgehead atoms. The SMILES string of the molecule is CN(CCc1ccncc1)CC1CCC(N)C1. The number of nitrogens with zero attached hydrogens (tertiary/aromatic N) is 2. The molecule has 1 aromatic heterocycles. The highest BCUT2D eigenvalue weighted by molar-refractivity contribution is 5.09. The van der Waals surface area contributed by atoms with E-state index in [1.165, 1.54) is 31.4 Å². The standard InChI is InChI=1S/C14H23N3/c1-17(11-13-2-3-14(15)10-13)9-6-12-4-7-16-8-5-12/h4-5,7-8,13-14H,2-3,6,9-11,15H2,1H3. The second kappa shape index (κ2) is 6.12. The third kappa shape index (κ3) is 4.10. The molecule has 2 atom stereocenters. The van der Waals surface area contributed by atoms with E-state index in [1.807, 2.05) is 12.4 Å². The van der Waals surface area contributed by atoms with Gasteiger partial charge in [0, 0.05) is 31.5 Å². The third-order valence-electron chi connectivity index (χ3n) is 3.68. The quantitative estimate of drug-likeness (QED) is 0.841. The van der Waals surface area contributed by atoms with Gasteiger partial charge in [0.2, 0.25) is 0 Å². The van der Waals surface area contributed by atoms with Crippen molar-refractivity contribution in [1.29, 1.82) is 0 Å². The van der Waals surface area contributed by atoms with Crippen molar-refractivity contribution in [2.24, 2.45) is 11.7 Å². The van der Waals surface area contributed by atoms with Gasteiger partial charge in [0.05, 0.1) is 0 Å². The van der Waals surface area contributed by atoms with Crippen LogP contribution in [-0.2, 0) is 6.42 Å². The summed E-state index contributed by atoms with van der Waals surface area (Å²) in [6, 6.07) is 4.65. The monoisotopic (exact) mass is 233 g/mol. The van der Waals surface area contributed by atoms with E-state index in [0.717, 1.165) is 18.9 Å². The number of nitrogens with two attached hydrogens (primary N) is 1. The zero-order chi connectivity index (χ0) is 12.1. The summed E-state index contributed by atoms with van der Waals surface area (Å²) < 4.78 is 0. The molecule has 1 fully saturated rings. The van der Waals surface area contributed by atoms with Gasteiger partial charge in [-0.2, -0.15) is 0 Å². The first kappa shape index (κ1) is 12.5. The predicted molar refractivity (Wildman–Crippen MR) is 70.8 cm³/mol. The molecule has 0 aliphatic heterocycles. The first-order valence-corrected chi connectivity index (χ1v) is 6.57. The highest BCUT2D eigenvalue weighted by Gasteiger charge is 2.22. The van der Waals surface area contributed by atoms with E-state index in [0.29, 0.717) is 6.04 Å². The lowest BCUT2D eigenvalue weighted by Crippen LogP contribution is -2.27. The molecule has 2 unspecified atom stereocenters. The minimum atomic E-state index is 0.452. The summed E-state index contributed by atoms with van der Waals surface area (Å²) in [7, 11) is 2.21. The van der Waals surface area contributed by atoms with Gasteiger partial charge in [0.25, 0.3) is 0 Å². The summed E-state index contributed by atoms with van der Waals surface area (Å²) in [4.78, 5) is 6.47. The molecule has 0 radical (unpaired) electrons. The summed E-state index contributed by atoms with van der Waals surface area (Å²) in [5, 5.41) is 0. The molecule has 94 valence electrons. The average molecular weight is 233 g/mol. The van der Waals surface area contributed by atoms with Gasteiger partial charge in [-0.3, -0.25) is 4.98 Å². The Morgan fingerprint density at radius 1 is 1.35 bits per heavy atom. The molecule has 3 heteroatoms. The number of hydrogen-bond donors (Lipinski definition) is 1. The molecule has 1 aromatic rings. The van der Waals surface area contributed by atoms with Crippen LogP contribution >= 0.6 is 0 Å². The van der Waals surface area contributed by atoms with Gasteiger partial charge < -0.3 is 10.6 Å². The molecule has 1 saturated carbocycles. The van der Waals surface area contributed by atoms with Crippen LogP contribution in [0, 0.1) is 5.92 Å². The summed E-state index contributed by atoms with van der Waals surface area (Å²) in [6.07, 6.45) is 8.57. The van der Waals surface area contributed by atoms with Crippen molar-refractivity contribution in [2.45, 2.75) is 31.7 Å². The maximum atomic E-state index is 5.94. The molecule has 0 aromatic carbocycles. The molecule has 3 nitrogen and oxygen atoms in total. The molecule has 0 spiro atoms. The van der Waals surface area contributed by atoms with Crippen molar-refractivity contribution in [2.75, 3.05) is 20.1 Å². The first-order chi connectivity index (χ1) is 8.24. The van der Waals surface area contributed by atoms with Crippen LogP contribution in [0.4, 0.5) is 0 Å². The summed E-state index contributed by atoms with van der Waals surface area (Å²) in [5.74, 6) is 0.812. The van der Waals surface area contributed by atoms with Crippen LogP contribution in [0.25, 0.3) is 0 Å². The van der Waals surface area contributed by atoms with Crippen molar-refractivity contribution in [3.8, 4) is 0 Å². The average Bonchev–Trinajstić information content (AvgIpc) is 2.73. The van der Waals surface area contributed by atoms with Crippen molar-refractivity contribution in [1.82, 2.24) is 9.88 Å². The minimum Gasteiger partial charge on any atom is -0.328 e. The van der Waals surface area contributed by atoms with Crippen LogP contribution in [0.5, 0.6) is 0 Å². The number of aromatic nitrogens is 1. The molecule has 0 saturated heterocycles. The molecule has 2 N–H and O–H groups in total. The Bertz CT molecular complexity index is 325. The van der Waals surface area contributed by atoms with Gasteiger partial charge in [-0.1, -0.05) is 0 Å². The molecule has 0 amide bonds. The maximum Gasteiger partial charge on any atom is 0.0270 e. The zero-order valence-corrected chi connectivity index (χ0v) is 10.7. The van der Waals surface area contributed by atoms with E-state index in [2.05, 4.69) is 29.1 Å². The number of hydrogen-bond acceptors (Lipinski definition) is 3. The Labute approximate surface area is 104 Å². The summed E-state index contributed by atoms with van der Waals surface area (Å²) >= 11 is 0. The lowest BCUT2D eigenvalue weighted by atomic mass is 10.1. The maximum absolute atomic E-state index is 5.94. The molecular weight excluding hydrogens is 210 g/mol. The van der Waals surface area contributed by atoms with E-state index in [-0.39, 0.29) is 0 Å². The Hall–Kier alpha value is -0.930. The number of likely N-dealkylation sites (N-methyl/N-ethyl adjacent to an activating group) is 1. The van der Waals surface area contributed by atoms with E-state index in [9.17, 15) is 0 Å². The van der Waals surface area contributed by atoms with Crippen molar-refractivity contribution >= 4 is 0 Å². The van der Waals surface area contributed by atoms with Gasteiger partial charge in [-0.15, -0.1) is 0 Å². The van der Waals surface area contributed by atoms with Crippen LogP contribution in [0.3, 0.4) is 0 Å². The normalized spacial score (nSPS) is 24.4. The first-order valence-electron chi connectivity index (χ1n) is 6.57. The minimum absolute atomic E-state index is 0.452. The Kier molecular flexibility index (Phi) is 4.51.